The number of para-hydroxylation sites is 2. The summed E-state index contributed by atoms with van der Waals surface area (Å²) in [7, 11) is 0. The summed E-state index contributed by atoms with van der Waals surface area (Å²) in [6.45, 7) is 0. The number of rotatable bonds is 4. The van der Waals surface area contributed by atoms with E-state index < -0.39 is 0 Å². The fraction of sp³-hybridized carbons (Fsp3) is 0.0392. The number of benzene rings is 8. The Bertz CT molecular complexity index is 3410. The van der Waals surface area contributed by atoms with E-state index in [4.69, 9.17) is 19.4 Å². The van der Waals surface area contributed by atoms with Crippen molar-refractivity contribution in [2.45, 2.75) is 12.8 Å². The largest absolute Gasteiger partial charge is 0.455 e. The Morgan fingerprint density at radius 2 is 1.20 bits per heavy atom. The predicted molar refractivity (Wildman–Crippen MR) is 230 cm³/mol. The molecule has 12 rings (SSSR count). The van der Waals surface area contributed by atoms with Gasteiger partial charge in [-0.3, -0.25) is 0 Å². The van der Waals surface area contributed by atoms with Gasteiger partial charge < -0.3 is 8.98 Å². The molecule has 0 amide bonds. The molecular weight excluding hydrogens is 685 g/mol. The maximum atomic E-state index is 7.07. The Labute approximate surface area is 321 Å². The second-order valence-electron chi connectivity index (χ2n) is 14.7. The summed E-state index contributed by atoms with van der Waals surface area (Å²) < 4.78 is 9.40. The maximum Gasteiger partial charge on any atom is 0.164 e. The second kappa shape index (κ2) is 12.1. The Morgan fingerprint density at radius 1 is 0.482 bits per heavy atom. The van der Waals surface area contributed by atoms with Crippen LogP contribution in [0, 0.1) is 0 Å². The first-order valence-corrected chi connectivity index (χ1v) is 19.2. The predicted octanol–water partition coefficient (Wildman–Crippen LogP) is 13.1. The minimum Gasteiger partial charge on any atom is -0.455 e. The molecule has 0 spiro atoms. The van der Waals surface area contributed by atoms with Crippen LogP contribution >= 0.6 is 0 Å². The summed E-state index contributed by atoms with van der Waals surface area (Å²) >= 11 is 0. The molecule has 8 aromatic carbocycles. The van der Waals surface area contributed by atoms with E-state index >= 15 is 0 Å². The maximum absolute atomic E-state index is 7.07. The number of allylic oxidation sites excluding steroid dienone is 1. The summed E-state index contributed by atoms with van der Waals surface area (Å²) in [5, 5.41) is 8.91. The van der Waals surface area contributed by atoms with E-state index in [-0.39, 0.29) is 0 Å². The van der Waals surface area contributed by atoms with Gasteiger partial charge in [0.1, 0.15) is 11.2 Å². The first-order valence-electron chi connectivity index (χ1n) is 19.2. The first kappa shape index (κ1) is 31.0. The molecule has 0 unspecified atom stereocenters. The molecule has 0 N–H and O–H groups in total. The van der Waals surface area contributed by atoms with Crippen LogP contribution in [0.15, 0.2) is 168 Å². The van der Waals surface area contributed by atoms with Crippen molar-refractivity contribution in [1.82, 2.24) is 19.5 Å². The summed E-state index contributed by atoms with van der Waals surface area (Å²) in [6.07, 6.45) is 6.51. The van der Waals surface area contributed by atoms with E-state index in [0.717, 1.165) is 95.3 Å². The molecule has 3 aromatic heterocycles. The fourth-order valence-corrected chi connectivity index (χ4v) is 8.88. The lowest BCUT2D eigenvalue weighted by molar-refractivity contribution is 0.670. The zero-order chi connectivity index (χ0) is 36.7. The van der Waals surface area contributed by atoms with Gasteiger partial charge in [0, 0.05) is 54.9 Å². The molecule has 0 saturated carbocycles. The lowest BCUT2D eigenvalue weighted by atomic mass is 9.93. The van der Waals surface area contributed by atoms with Crippen LogP contribution in [0.25, 0.3) is 111 Å². The van der Waals surface area contributed by atoms with Crippen molar-refractivity contribution in [3.63, 3.8) is 0 Å². The van der Waals surface area contributed by atoms with Crippen molar-refractivity contribution in [2.75, 3.05) is 0 Å². The van der Waals surface area contributed by atoms with E-state index in [1.54, 1.807) is 0 Å². The van der Waals surface area contributed by atoms with Gasteiger partial charge in [0.2, 0.25) is 0 Å². The van der Waals surface area contributed by atoms with Gasteiger partial charge in [-0.15, -0.1) is 0 Å². The Balaban J connectivity index is 1.16. The summed E-state index contributed by atoms with van der Waals surface area (Å²) in [4.78, 5) is 15.8. The molecule has 3 heterocycles. The number of aryl methyl sites for hydroxylation is 1. The van der Waals surface area contributed by atoms with E-state index in [9.17, 15) is 0 Å². The highest BCUT2D eigenvalue weighted by Crippen LogP contribution is 2.45. The van der Waals surface area contributed by atoms with Gasteiger partial charge in [-0.25, -0.2) is 15.0 Å². The number of hydrogen-bond acceptors (Lipinski definition) is 4. The van der Waals surface area contributed by atoms with Crippen molar-refractivity contribution in [1.29, 1.82) is 0 Å². The second-order valence-corrected chi connectivity index (χ2v) is 14.7. The average molecular weight is 717 g/mol. The van der Waals surface area contributed by atoms with Gasteiger partial charge in [0.15, 0.2) is 17.5 Å². The molecule has 5 nitrogen and oxygen atoms in total. The molecule has 56 heavy (non-hydrogen) atoms. The van der Waals surface area contributed by atoms with Gasteiger partial charge in [-0.05, 0) is 77.0 Å². The fourth-order valence-electron chi connectivity index (χ4n) is 8.88. The van der Waals surface area contributed by atoms with Gasteiger partial charge in [-0.2, -0.15) is 0 Å². The van der Waals surface area contributed by atoms with Crippen LogP contribution in [-0.4, -0.2) is 19.5 Å². The summed E-state index contributed by atoms with van der Waals surface area (Å²) in [6, 6.07) is 55.6. The summed E-state index contributed by atoms with van der Waals surface area (Å²) in [5.74, 6) is 1.85. The third kappa shape index (κ3) is 4.64. The highest BCUT2D eigenvalue weighted by atomic mass is 16.3. The molecule has 0 aliphatic heterocycles. The molecule has 0 atom stereocenters. The zero-order valence-corrected chi connectivity index (χ0v) is 30.3. The third-order valence-corrected chi connectivity index (χ3v) is 11.5. The molecule has 1 aliphatic rings. The molecule has 0 radical (unpaired) electrons. The highest BCUT2D eigenvalue weighted by Gasteiger charge is 2.24. The van der Waals surface area contributed by atoms with Crippen LogP contribution in [0.2, 0.25) is 0 Å². The quantitative estimate of drug-likeness (QED) is 0.170. The van der Waals surface area contributed by atoms with Gasteiger partial charge in [0.25, 0.3) is 0 Å². The normalized spacial score (nSPS) is 12.8. The standard InChI is InChI=1S/C51H32N4O/c1-3-15-33(16-4-1)49-52-50(35-26-28-44-41(30-35)39-21-11-12-22-43(39)55(44)36-17-5-2-6-18-36)54-51(53-49)42-29-34-24-23-31-13-7-9-19-37(31)45(34)48-46(42)40-27-25-32-14-8-10-20-38(32)47(40)56-48/h1-7,9-13,15-30H,8,14H2. The number of aromatic nitrogens is 4. The molecule has 0 fully saturated rings. The first-order chi connectivity index (χ1) is 27.8. The lowest BCUT2D eigenvalue weighted by Gasteiger charge is -2.12. The molecule has 262 valence electrons. The van der Waals surface area contributed by atoms with Gasteiger partial charge in [-0.1, -0.05) is 127 Å². The minimum absolute atomic E-state index is 0.608. The minimum atomic E-state index is 0.608. The van der Waals surface area contributed by atoms with Crippen molar-refractivity contribution in [3.8, 4) is 39.9 Å². The molecule has 5 heteroatoms. The van der Waals surface area contributed by atoms with Crippen LogP contribution in [0.5, 0.6) is 0 Å². The van der Waals surface area contributed by atoms with Gasteiger partial charge >= 0.3 is 0 Å². The molecule has 0 saturated heterocycles. The van der Waals surface area contributed by atoms with Crippen LogP contribution in [0.3, 0.4) is 0 Å². The molecular formula is C51H32N4O. The molecule has 0 bridgehead atoms. The Hall–Kier alpha value is -7.37. The molecule has 1 aliphatic carbocycles. The van der Waals surface area contributed by atoms with Crippen LogP contribution in [0.1, 0.15) is 17.5 Å². The number of furan rings is 1. The van der Waals surface area contributed by atoms with E-state index in [1.165, 1.54) is 16.3 Å². The third-order valence-electron chi connectivity index (χ3n) is 11.5. The number of hydrogen-bond donors (Lipinski definition) is 0. The Morgan fingerprint density at radius 3 is 2.07 bits per heavy atom. The number of fused-ring (bicyclic) bond motifs is 12. The Kier molecular flexibility index (Phi) is 6.69. The lowest BCUT2D eigenvalue weighted by Crippen LogP contribution is -2.01. The van der Waals surface area contributed by atoms with Crippen LogP contribution in [0.4, 0.5) is 0 Å². The topological polar surface area (TPSA) is 56.7 Å². The van der Waals surface area contributed by atoms with E-state index in [1.807, 2.05) is 18.2 Å². The molecule has 11 aromatic rings. The average Bonchev–Trinajstić information content (AvgIpc) is 3.83. The summed E-state index contributed by atoms with van der Waals surface area (Å²) in [5.41, 5.74) is 10.4. The smallest absolute Gasteiger partial charge is 0.164 e. The van der Waals surface area contributed by atoms with E-state index in [0.29, 0.717) is 17.5 Å². The van der Waals surface area contributed by atoms with Gasteiger partial charge in [0.05, 0.1) is 11.0 Å². The highest BCUT2D eigenvalue weighted by molar-refractivity contribution is 6.27. The SMILES string of the molecule is C1=Cc2c(ccc3c2oc2c3c(-c3nc(-c4ccccc4)nc(-c4ccc5c(c4)c4ccccc4n5-c4ccccc4)n3)cc3ccc4ccccc4c32)CC1. The van der Waals surface area contributed by atoms with Crippen molar-refractivity contribution in [2.24, 2.45) is 0 Å². The van der Waals surface area contributed by atoms with Crippen molar-refractivity contribution in [3.05, 3.63) is 175 Å². The van der Waals surface area contributed by atoms with Crippen molar-refractivity contribution >= 4 is 71.4 Å². The number of nitrogens with zero attached hydrogens (tertiary/aromatic N) is 4. The van der Waals surface area contributed by atoms with Crippen molar-refractivity contribution < 1.29 is 4.42 Å². The zero-order valence-electron chi connectivity index (χ0n) is 30.3. The monoisotopic (exact) mass is 716 g/mol. The van der Waals surface area contributed by atoms with Crippen LogP contribution < -0.4 is 0 Å². The van der Waals surface area contributed by atoms with Crippen LogP contribution in [-0.2, 0) is 6.42 Å². The van der Waals surface area contributed by atoms with E-state index in [2.05, 4.69) is 156 Å².